The zero-order valence-electron chi connectivity index (χ0n) is 12.2. The van der Waals surface area contributed by atoms with Crippen molar-refractivity contribution in [2.24, 2.45) is 5.92 Å². The minimum absolute atomic E-state index is 0.507. The molecule has 6 nitrogen and oxygen atoms in total. The summed E-state index contributed by atoms with van der Waals surface area (Å²) in [6.45, 7) is 7.58. The summed E-state index contributed by atoms with van der Waals surface area (Å²) in [5.41, 5.74) is 0. The van der Waals surface area contributed by atoms with Crippen molar-refractivity contribution in [3.8, 4) is 0 Å². The molecule has 0 saturated carbocycles. The number of aromatic nitrogens is 2. The maximum atomic E-state index is 5.47. The van der Waals surface area contributed by atoms with Gasteiger partial charge >= 0.3 is 6.01 Å². The molecule has 19 heavy (non-hydrogen) atoms. The highest BCUT2D eigenvalue weighted by Gasteiger charge is 2.05. The Bertz CT molecular complexity index is 328. The van der Waals surface area contributed by atoms with Crippen LogP contribution >= 0.6 is 0 Å². The normalized spacial score (nSPS) is 11.2. The average Bonchev–Trinajstić information content (AvgIpc) is 2.81. The lowest BCUT2D eigenvalue weighted by molar-refractivity contribution is 0.192. The molecule has 0 aliphatic heterocycles. The Morgan fingerprint density at radius 1 is 1.21 bits per heavy atom. The van der Waals surface area contributed by atoms with Gasteiger partial charge < -0.3 is 19.8 Å². The summed E-state index contributed by atoms with van der Waals surface area (Å²) in [6.07, 6.45) is 3.30. The van der Waals surface area contributed by atoms with Crippen LogP contribution in [0.5, 0.6) is 0 Å². The van der Waals surface area contributed by atoms with Crippen LogP contribution in [0.3, 0.4) is 0 Å². The van der Waals surface area contributed by atoms with Crippen LogP contribution < -0.4 is 10.6 Å². The van der Waals surface area contributed by atoms with Gasteiger partial charge in [-0.15, -0.1) is 5.10 Å². The molecule has 0 atom stereocenters. The quantitative estimate of drug-likeness (QED) is 0.600. The summed E-state index contributed by atoms with van der Waals surface area (Å²) in [5, 5.41) is 14.3. The van der Waals surface area contributed by atoms with Crippen molar-refractivity contribution in [1.29, 1.82) is 0 Å². The molecule has 1 rings (SSSR count). The van der Waals surface area contributed by atoms with Crippen LogP contribution in [-0.2, 0) is 11.3 Å². The highest BCUT2D eigenvalue weighted by molar-refractivity contribution is 5.16. The molecule has 0 radical (unpaired) electrons. The number of ether oxygens (including phenoxy) is 1. The molecule has 110 valence electrons. The van der Waals surface area contributed by atoms with Gasteiger partial charge in [-0.05, 0) is 31.7 Å². The van der Waals surface area contributed by atoms with E-state index in [0.29, 0.717) is 24.4 Å². The monoisotopic (exact) mass is 270 g/mol. The van der Waals surface area contributed by atoms with Crippen LogP contribution in [0.2, 0.25) is 0 Å². The lowest BCUT2D eigenvalue weighted by Gasteiger charge is -2.04. The summed E-state index contributed by atoms with van der Waals surface area (Å²) in [5.74, 6) is 1.25. The highest BCUT2D eigenvalue weighted by atomic mass is 16.5. The van der Waals surface area contributed by atoms with Gasteiger partial charge in [0.1, 0.15) is 0 Å². The van der Waals surface area contributed by atoms with Crippen LogP contribution in [0.1, 0.15) is 39.0 Å². The van der Waals surface area contributed by atoms with Crippen molar-refractivity contribution < 1.29 is 9.15 Å². The number of nitrogens with one attached hydrogen (secondary N) is 2. The number of rotatable bonds is 11. The summed E-state index contributed by atoms with van der Waals surface area (Å²) in [7, 11) is 1.73. The summed E-state index contributed by atoms with van der Waals surface area (Å²) < 4.78 is 10.5. The molecule has 0 fully saturated rings. The molecule has 0 unspecified atom stereocenters. The second kappa shape index (κ2) is 9.75. The Morgan fingerprint density at radius 3 is 2.79 bits per heavy atom. The SMILES string of the molecule is COCCCCCNc1nnc(CNCC(C)C)o1. The Balaban J connectivity index is 2.09. The van der Waals surface area contributed by atoms with Gasteiger partial charge in [0, 0.05) is 20.3 Å². The first-order valence-corrected chi connectivity index (χ1v) is 6.98. The van der Waals surface area contributed by atoms with Crippen LogP contribution in [0, 0.1) is 5.92 Å². The van der Waals surface area contributed by atoms with E-state index >= 15 is 0 Å². The number of nitrogens with zero attached hydrogens (tertiary/aromatic N) is 2. The van der Waals surface area contributed by atoms with Crippen molar-refractivity contribution >= 4 is 6.01 Å². The molecule has 1 aromatic heterocycles. The van der Waals surface area contributed by atoms with Crippen LogP contribution in [0.4, 0.5) is 6.01 Å². The van der Waals surface area contributed by atoms with E-state index in [9.17, 15) is 0 Å². The Morgan fingerprint density at radius 2 is 2.05 bits per heavy atom. The van der Waals surface area contributed by atoms with Gasteiger partial charge in [0.25, 0.3) is 0 Å². The van der Waals surface area contributed by atoms with Gasteiger partial charge in [0.2, 0.25) is 5.89 Å². The van der Waals surface area contributed by atoms with E-state index in [4.69, 9.17) is 9.15 Å². The molecule has 1 aromatic rings. The molecular formula is C13H26N4O2. The minimum atomic E-state index is 0.507. The molecule has 2 N–H and O–H groups in total. The van der Waals surface area contributed by atoms with Crippen LogP contribution in [0.15, 0.2) is 4.42 Å². The molecule has 0 bridgehead atoms. The number of methoxy groups -OCH3 is 1. The van der Waals surface area contributed by atoms with Gasteiger partial charge in [0.05, 0.1) is 6.54 Å². The topological polar surface area (TPSA) is 72.2 Å². The molecule has 0 saturated heterocycles. The lowest BCUT2D eigenvalue weighted by Crippen LogP contribution is -2.19. The van der Waals surface area contributed by atoms with E-state index in [0.717, 1.165) is 39.0 Å². The number of unbranched alkanes of at least 4 members (excludes halogenated alkanes) is 2. The fraction of sp³-hybridized carbons (Fsp3) is 0.846. The van der Waals surface area contributed by atoms with Crippen molar-refractivity contribution in [2.75, 3.05) is 32.1 Å². The van der Waals surface area contributed by atoms with Gasteiger partial charge in [0.15, 0.2) is 0 Å². The third-order valence-corrected chi connectivity index (χ3v) is 2.60. The van der Waals surface area contributed by atoms with Crippen LogP contribution in [-0.4, -0.2) is 37.0 Å². The Labute approximate surface area is 115 Å². The highest BCUT2D eigenvalue weighted by Crippen LogP contribution is 2.06. The predicted octanol–water partition coefficient (Wildman–Crippen LogP) is 2.04. The smallest absolute Gasteiger partial charge is 0.315 e. The minimum Gasteiger partial charge on any atom is -0.407 e. The van der Waals surface area contributed by atoms with Crippen molar-refractivity contribution in [1.82, 2.24) is 15.5 Å². The van der Waals surface area contributed by atoms with E-state index in [1.165, 1.54) is 0 Å². The molecule has 0 amide bonds. The summed E-state index contributed by atoms with van der Waals surface area (Å²) in [6, 6.07) is 0.507. The second-order valence-electron chi connectivity index (χ2n) is 5.01. The summed E-state index contributed by atoms with van der Waals surface area (Å²) >= 11 is 0. The molecule has 0 spiro atoms. The van der Waals surface area contributed by atoms with Crippen LogP contribution in [0.25, 0.3) is 0 Å². The molecule has 0 aliphatic carbocycles. The largest absolute Gasteiger partial charge is 0.407 e. The van der Waals surface area contributed by atoms with E-state index in [1.54, 1.807) is 7.11 Å². The van der Waals surface area contributed by atoms with Crippen molar-refractivity contribution in [3.63, 3.8) is 0 Å². The number of hydrogen-bond donors (Lipinski definition) is 2. The molecular weight excluding hydrogens is 244 g/mol. The van der Waals surface area contributed by atoms with Gasteiger partial charge in [-0.3, -0.25) is 0 Å². The van der Waals surface area contributed by atoms with Gasteiger partial charge in [-0.2, -0.15) is 0 Å². The average molecular weight is 270 g/mol. The van der Waals surface area contributed by atoms with E-state index in [2.05, 4.69) is 34.7 Å². The Kier molecular flexibility index (Phi) is 8.16. The fourth-order valence-electron chi connectivity index (χ4n) is 1.61. The zero-order valence-corrected chi connectivity index (χ0v) is 12.2. The zero-order chi connectivity index (χ0) is 13.9. The first-order chi connectivity index (χ1) is 9.22. The second-order valence-corrected chi connectivity index (χ2v) is 5.01. The fourth-order valence-corrected chi connectivity index (χ4v) is 1.61. The van der Waals surface area contributed by atoms with E-state index in [1.807, 2.05) is 0 Å². The molecule has 1 heterocycles. The molecule has 6 heteroatoms. The molecule has 0 aromatic carbocycles. The number of anilines is 1. The first kappa shape index (κ1) is 15.9. The van der Waals surface area contributed by atoms with Gasteiger partial charge in [-0.1, -0.05) is 18.9 Å². The third-order valence-electron chi connectivity index (χ3n) is 2.60. The lowest BCUT2D eigenvalue weighted by atomic mass is 10.2. The molecule has 0 aliphatic rings. The summed E-state index contributed by atoms with van der Waals surface area (Å²) in [4.78, 5) is 0. The first-order valence-electron chi connectivity index (χ1n) is 6.98. The van der Waals surface area contributed by atoms with Gasteiger partial charge in [-0.25, -0.2) is 0 Å². The standard InChI is InChI=1S/C13H26N4O2/c1-11(2)9-14-10-12-16-17-13(19-12)15-7-5-4-6-8-18-3/h11,14H,4-10H2,1-3H3,(H,15,17). The Hall–Kier alpha value is -1.14. The van der Waals surface area contributed by atoms with E-state index < -0.39 is 0 Å². The maximum absolute atomic E-state index is 5.47. The number of hydrogen-bond acceptors (Lipinski definition) is 6. The predicted molar refractivity (Wildman–Crippen MR) is 75.1 cm³/mol. The third kappa shape index (κ3) is 7.79. The van der Waals surface area contributed by atoms with Crippen molar-refractivity contribution in [3.05, 3.63) is 5.89 Å². The van der Waals surface area contributed by atoms with Crippen molar-refractivity contribution in [2.45, 2.75) is 39.7 Å². The van der Waals surface area contributed by atoms with E-state index in [-0.39, 0.29) is 0 Å². The maximum Gasteiger partial charge on any atom is 0.315 e.